The average molecular weight is 683 g/mol. The first-order valence-corrected chi connectivity index (χ1v) is 14.2. The fraction of sp³-hybridized carbons (Fsp3) is 0.280. The summed E-state index contributed by atoms with van der Waals surface area (Å²) < 4.78 is 79.4. The number of carboxylic acids is 1. The summed E-state index contributed by atoms with van der Waals surface area (Å²) in [5.74, 6) is -4.63. The molecule has 0 aliphatic carbocycles. The number of rotatable bonds is 11. The van der Waals surface area contributed by atoms with Crippen molar-refractivity contribution in [1.82, 2.24) is 15.5 Å². The van der Waals surface area contributed by atoms with Gasteiger partial charge in [-0.1, -0.05) is 24.0 Å². The minimum Gasteiger partial charge on any atom is -0.480 e. The molecule has 1 saturated heterocycles. The van der Waals surface area contributed by atoms with Crippen LogP contribution >= 0.6 is 35.3 Å². The fourth-order valence-electron chi connectivity index (χ4n) is 3.63. The van der Waals surface area contributed by atoms with Crippen LogP contribution in [-0.2, 0) is 36.3 Å². The maximum atomic E-state index is 13.2. The van der Waals surface area contributed by atoms with Gasteiger partial charge in [0.1, 0.15) is 16.9 Å². The lowest BCUT2D eigenvalue weighted by atomic mass is 10.0. The Balaban J connectivity index is 1.66. The predicted molar refractivity (Wildman–Crippen MR) is 151 cm³/mol. The van der Waals surface area contributed by atoms with Gasteiger partial charge in [-0.2, -0.15) is 26.3 Å². The van der Waals surface area contributed by atoms with Crippen LogP contribution in [0.1, 0.15) is 28.8 Å². The topological polar surface area (TPSA) is 159 Å². The molecular formula is C25H20F6N4O6S3. The molecular weight excluding hydrogens is 662 g/mol. The Hall–Kier alpha value is -3.97. The van der Waals surface area contributed by atoms with Crippen LogP contribution in [0.4, 0.5) is 26.3 Å². The average Bonchev–Trinajstić information content (AvgIpc) is 3.48. The molecule has 19 heteroatoms. The molecule has 4 amide bonds. The zero-order valence-corrected chi connectivity index (χ0v) is 24.3. The van der Waals surface area contributed by atoms with Gasteiger partial charge < -0.3 is 21.5 Å². The number of hydrogen-bond acceptors (Lipinski definition) is 8. The van der Waals surface area contributed by atoms with E-state index in [4.69, 9.17) is 23.1 Å². The number of thioether (sulfide) groups is 1. The standard InChI is InChI=1S/C25H20F6N4O6S3/c26-24(27,28)13-3-11(4-14(6-13)25(29,30)31)12-5-15(43-10-12)7-17-21(39)35(23(42)44-17)9-20(38)33-8-19(37)34-16(22(40)41)1-2-18(32)36/h3-7,10,16H,1-2,8-9H2,(H2,32,36)(H,33,38)(H,34,37)(H,40,41)/t16-/m0/s1. The molecule has 2 aromatic rings. The highest BCUT2D eigenvalue weighted by Gasteiger charge is 2.37. The molecule has 44 heavy (non-hydrogen) atoms. The normalized spacial score (nSPS) is 15.4. The van der Waals surface area contributed by atoms with Crippen molar-refractivity contribution in [3.63, 3.8) is 0 Å². The molecule has 1 aliphatic heterocycles. The number of aliphatic carboxylic acids is 1. The second-order valence-electron chi connectivity index (χ2n) is 9.04. The van der Waals surface area contributed by atoms with Gasteiger partial charge in [0.25, 0.3) is 5.91 Å². The minimum atomic E-state index is -5.02. The van der Waals surface area contributed by atoms with Gasteiger partial charge in [-0.3, -0.25) is 24.1 Å². The summed E-state index contributed by atoms with van der Waals surface area (Å²) in [6.45, 7) is -1.27. The van der Waals surface area contributed by atoms with E-state index in [-0.39, 0.29) is 39.3 Å². The van der Waals surface area contributed by atoms with Crippen molar-refractivity contribution in [3.05, 3.63) is 50.6 Å². The third-order valence-corrected chi connectivity index (χ3v) is 8.01. The molecule has 0 unspecified atom stereocenters. The van der Waals surface area contributed by atoms with Crippen LogP contribution in [0.15, 0.2) is 34.6 Å². The highest BCUT2D eigenvalue weighted by Crippen LogP contribution is 2.40. The molecule has 10 nitrogen and oxygen atoms in total. The lowest BCUT2D eigenvalue weighted by Gasteiger charge is -2.16. The third kappa shape index (κ3) is 9.26. The first kappa shape index (κ1) is 34.5. The van der Waals surface area contributed by atoms with Gasteiger partial charge >= 0.3 is 18.3 Å². The van der Waals surface area contributed by atoms with Crippen LogP contribution in [-0.4, -0.2) is 63.1 Å². The summed E-state index contributed by atoms with van der Waals surface area (Å²) in [7, 11) is 0. The monoisotopic (exact) mass is 682 g/mol. The summed E-state index contributed by atoms with van der Waals surface area (Å²) in [5, 5.41) is 14.8. The van der Waals surface area contributed by atoms with Crippen LogP contribution < -0.4 is 16.4 Å². The lowest BCUT2D eigenvalue weighted by molar-refractivity contribution is -0.143. The SMILES string of the molecule is NC(=O)CC[C@H](NC(=O)CNC(=O)CN1C(=O)C(=Cc2cc(-c3cc(C(F)(F)F)cc(C(F)(F)F)c3)cs2)SC1=S)C(=O)O. The number of nitrogens with zero attached hydrogens (tertiary/aromatic N) is 1. The van der Waals surface area contributed by atoms with Gasteiger partial charge in [-0.15, -0.1) is 11.3 Å². The summed E-state index contributed by atoms with van der Waals surface area (Å²) in [6.07, 6.45) is -9.30. The number of primary amides is 1. The van der Waals surface area contributed by atoms with Crippen molar-refractivity contribution in [1.29, 1.82) is 0 Å². The van der Waals surface area contributed by atoms with Crippen molar-refractivity contribution in [2.45, 2.75) is 31.2 Å². The molecule has 3 rings (SSSR count). The molecule has 1 aromatic carbocycles. The fourth-order valence-corrected chi connectivity index (χ4v) is 5.80. The molecule has 1 aromatic heterocycles. The smallest absolute Gasteiger partial charge is 0.416 e. The number of halogens is 6. The summed E-state index contributed by atoms with van der Waals surface area (Å²) in [6, 6.07) is 1.06. The molecule has 1 atom stereocenters. The van der Waals surface area contributed by atoms with Crippen LogP contribution in [0.5, 0.6) is 0 Å². The van der Waals surface area contributed by atoms with Crippen molar-refractivity contribution in [2.24, 2.45) is 5.73 Å². The molecule has 2 heterocycles. The van der Waals surface area contributed by atoms with Crippen molar-refractivity contribution in [3.8, 4) is 11.1 Å². The van der Waals surface area contributed by atoms with Crippen molar-refractivity contribution >= 4 is 75.3 Å². The zero-order chi connectivity index (χ0) is 33.0. The number of thiocarbonyl (C=S) groups is 1. The van der Waals surface area contributed by atoms with Gasteiger partial charge in [-0.05, 0) is 53.3 Å². The number of carboxylic acid groups (broad SMARTS) is 1. The van der Waals surface area contributed by atoms with Gasteiger partial charge in [0, 0.05) is 11.3 Å². The second-order valence-corrected chi connectivity index (χ2v) is 11.7. The maximum Gasteiger partial charge on any atom is 0.416 e. The van der Waals surface area contributed by atoms with Gasteiger partial charge in [-0.25, -0.2) is 4.79 Å². The van der Waals surface area contributed by atoms with E-state index in [0.717, 1.165) is 28.0 Å². The highest BCUT2D eigenvalue weighted by atomic mass is 32.2. The Bertz CT molecular complexity index is 1510. The van der Waals surface area contributed by atoms with E-state index in [2.05, 4.69) is 10.6 Å². The molecule has 1 aliphatic rings. The number of carbonyl (C=O) groups is 5. The first-order valence-electron chi connectivity index (χ1n) is 12.1. The molecule has 0 saturated carbocycles. The highest BCUT2D eigenvalue weighted by molar-refractivity contribution is 8.26. The van der Waals surface area contributed by atoms with Crippen LogP contribution in [0.3, 0.4) is 0 Å². The van der Waals surface area contributed by atoms with Gasteiger partial charge in [0.05, 0.1) is 22.6 Å². The number of thiophene rings is 1. The summed E-state index contributed by atoms with van der Waals surface area (Å²) >= 11 is 6.87. The van der Waals surface area contributed by atoms with Gasteiger partial charge in [0.15, 0.2) is 0 Å². The first-order chi connectivity index (χ1) is 20.3. The Morgan fingerprint density at radius 1 is 1.00 bits per heavy atom. The number of carbonyl (C=O) groups excluding carboxylic acids is 4. The third-order valence-electron chi connectivity index (χ3n) is 5.75. The largest absolute Gasteiger partial charge is 0.480 e. The minimum absolute atomic E-state index is 0.0180. The predicted octanol–water partition coefficient (Wildman–Crippen LogP) is 3.61. The van der Waals surface area contributed by atoms with E-state index in [1.54, 1.807) is 0 Å². The van der Waals surface area contributed by atoms with E-state index in [0.29, 0.717) is 17.0 Å². The number of hydrogen-bond donors (Lipinski definition) is 4. The molecule has 236 valence electrons. The molecule has 1 fully saturated rings. The number of nitrogens with one attached hydrogen (secondary N) is 2. The molecule has 0 bridgehead atoms. The molecule has 5 N–H and O–H groups in total. The number of benzene rings is 1. The second kappa shape index (κ2) is 13.8. The van der Waals surface area contributed by atoms with E-state index < -0.39 is 72.2 Å². The van der Waals surface area contributed by atoms with Crippen LogP contribution in [0.2, 0.25) is 0 Å². The summed E-state index contributed by atoms with van der Waals surface area (Å²) in [5.41, 5.74) is 1.73. The maximum absolute atomic E-state index is 13.2. The van der Waals surface area contributed by atoms with Crippen LogP contribution in [0.25, 0.3) is 17.2 Å². The number of alkyl halides is 6. The Labute approximate surface area is 257 Å². The van der Waals surface area contributed by atoms with Gasteiger partial charge in [0.2, 0.25) is 17.7 Å². The zero-order valence-electron chi connectivity index (χ0n) is 21.9. The Kier molecular flexibility index (Phi) is 10.8. The number of amides is 4. The Morgan fingerprint density at radius 3 is 2.16 bits per heavy atom. The van der Waals surface area contributed by atoms with E-state index >= 15 is 0 Å². The van der Waals surface area contributed by atoms with Crippen LogP contribution in [0, 0.1) is 0 Å². The molecule has 0 spiro atoms. The molecule has 0 radical (unpaired) electrons. The van der Waals surface area contributed by atoms with Crippen molar-refractivity contribution < 1.29 is 55.4 Å². The van der Waals surface area contributed by atoms with E-state index in [9.17, 15) is 50.3 Å². The van der Waals surface area contributed by atoms with E-state index in [1.165, 1.54) is 17.5 Å². The lowest BCUT2D eigenvalue weighted by Crippen LogP contribution is -2.47. The Morgan fingerprint density at radius 2 is 1.61 bits per heavy atom. The van der Waals surface area contributed by atoms with Crippen molar-refractivity contribution in [2.75, 3.05) is 13.1 Å². The van der Waals surface area contributed by atoms with E-state index in [1.807, 2.05) is 0 Å². The quantitative estimate of drug-likeness (QED) is 0.159. The number of nitrogens with two attached hydrogens (primary N) is 1. The summed E-state index contributed by atoms with van der Waals surface area (Å²) in [4.78, 5) is 60.6.